The number of benzene rings is 2. The first-order valence-corrected chi connectivity index (χ1v) is 8.91. The van der Waals surface area contributed by atoms with Crippen LogP contribution >= 0.6 is 11.3 Å². The summed E-state index contributed by atoms with van der Waals surface area (Å²) in [4.78, 5) is 37.2. The van der Waals surface area contributed by atoms with Crippen LogP contribution in [0.15, 0.2) is 41.8 Å². The monoisotopic (exact) mass is 398 g/mol. The highest BCUT2D eigenvalue weighted by atomic mass is 32.1. The lowest BCUT2D eigenvalue weighted by Crippen LogP contribution is -2.12. The molecule has 0 atom stereocenters. The Labute approximate surface area is 163 Å². The van der Waals surface area contributed by atoms with Crippen LogP contribution in [-0.2, 0) is 0 Å². The third-order valence-corrected chi connectivity index (χ3v) is 4.73. The number of hydrogen-bond donors (Lipinski definition) is 1. The van der Waals surface area contributed by atoms with E-state index in [-0.39, 0.29) is 10.7 Å². The van der Waals surface area contributed by atoms with E-state index in [1.807, 2.05) is 32.0 Å². The summed E-state index contributed by atoms with van der Waals surface area (Å²) in [6, 6.07) is 8.70. The first-order chi connectivity index (χ1) is 13.2. The van der Waals surface area contributed by atoms with Crippen molar-refractivity contribution in [1.29, 1.82) is 0 Å². The molecule has 0 unspecified atom stereocenters. The number of anilines is 1. The maximum atomic E-state index is 12.4. The van der Waals surface area contributed by atoms with Crippen molar-refractivity contribution < 1.29 is 14.6 Å². The van der Waals surface area contributed by atoms with Gasteiger partial charge in [0.05, 0.1) is 27.2 Å². The van der Waals surface area contributed by atoms with E-state index in [0.29, 0.717) is 5.69 Å². The van der Waals surface area contributed by atoms with Crippen LogP contribution in [0.2, 0.25) is 0 Å². The Hall–Kier alpha value is -3.66. The van der Waals surface area contributed by atoms with Crippen molar-refractivity contribution in [2.24, 2.45) is 0 Å². The number of nitro benzene ring substituents is 2. The number of thiazole rings is 1. The zero-order chi connectivity index (χ0) is 20.4. The molecule has 2 aromatic carbocycles. The number of rotatable bonds is 5. The summed E-state index contributed by atoms with van der Waals surface area (Å²) in [5, 5.41) is 26.5. The molecule has 0 spiro atoms. The highest BCUT2D eigenvalue weighted by molar-refractivity contribution is 7.14. The molecule has 142 valence electrons. The molecule has 0 fully saturated rings. The fraction of sp³-hybridized carbons (Fsp3) is 0.111. The van der Waals surface area contributed by atoms with Crippen molar-refractivity contribution >= 4 is 33.8 Å². The number of nitro groups is 2. The van der Waals surface area contributed by atoms with Crippen LogP contribution in [0.3, 0.4) is 0 Å². The molecular weight excluding hydrogens is 384 g/mol. The zero-order valence-corrected chi connectivity index (χ0v) is 15.6. The predicted molar refractivity (Wildman–Crippen MR) is 105 cm³/mol. The van der Waals surface area contributed by atoms with Crippen LogP contribution in [-0.4, -0.2) is 20.7 Å². The molecule has 0 aliphatic carbocycles. The van der Waals surface area contributed by atoms with E-state index in [1.165, 1.54) is 11.3 Å². The van der Waals surface area contributed by atoms with Gasteiger partial charge in [0.25, 0.3) is 17.3 Å². The molecule has 28 heavy (non-hydrogen) atoms. The highest BCUT2D eigenvalue weighted by Crippen LogP contribution is 2.29. The van der Waals surface area contributed by atoms with Crippen LogP contribution in [0.5, 0.6) is 0 Å². The number of nitrogens with zero attached hydrogens (tertiary/aromatic N) is 3. The minimum atomic E-state index is -0.786. The molecule has 1 heterocycles. The molecule has 3 rings (SSSR count). The number of amides is 1. The molecular formula is C18H14N4O5S. The van der Waals surface area contributed by atoms with Crippen molar-refractivity contribution in [3.63, 3.8) is 0 Å². The number of aryl methyl sites for hydroxylation is 2. The van der Waals surface area contributed by atoms with Crippen LogP contribution in [0.25, 0.3) is 11.3 Å². The van der Waals surface area contributed by atoms with Gasteiger partial charge in [0.1, 0.15) is 0 Å². The molecule has 0 bridgehead atoms. The fourth-order valence-corrected chi connectivity index (χ4v) is 3.37. The standard InChI is InChI=1S/C18H14N4O5S/c1-10-3-4-15(11(2)5-10)16-9-28-18(19-16)20-17(23)12-6-13(21(24)25)8-14(7-12)22(26)27/h3-9H,1-2H3,(H,19,20,23). The molecule has 10 heteroatoms. The van der Waals surface area contributed by atoms with Gasteiger partial charge in [-0.25, -0.2) is 4.98 Å². The van der Waals surface area contributed by atoms with Gasteiger partial charge in [0, 0.05) is 23.1 Å². The minimum absolute atomic E-state index is 0.191. The average Bonchev–Trinajstić information content (AvgIpc) is 3.09. The molecule has 9 nitrogen and oxygen atoms in total. The lowest BCUT2D eigenvalue weighted by atomic mass is 10.0. The van der Waals surface area contributed by atoms with Crippen LogP contribution in [0, 0.1) is 34.1 Å². The Morgan fingerprint density at radius 2 is 1.68 bits per heavy atom. The SMILES string of the molecule is Cc1ccc(-c2csc(NC(=O)c3cc([N+](=O)[O-])cc([N+](=O)[O-])c3)n2)c(C)c1. The molecule has 3 aromatic rings. The molecule has 1 N–H and O–H groups in total. The van der Waals surface area contributed by atoms with E-state index in [2.05, 4.69) is 10.3 Å². The van der Waals surface area contributed by atoms with Gasteiger partial charge in [-0.15, -0.1) is 11.3 Å². The number of non-ortho nitro benzene ring substituents is 2. The summed E-state index contributed by atoms with van der Waals surface area (Å²) in [6.45, 7) is 3.95. The van der Waals surface area contributed by atoms with Gasteiger partial charge in [-0.2, -0.15) is 0 Å². The Bertz CT molecular complexity index is 1080. The normalized spacial score (nSPS) is 10.5. The largest absolute Gasteiger partial charge is 0.298 e. The van der Waals surface area contributed by atoms with Gasteiger partial charge >= 0.3 is 0 Å². The summed E-state index contributed by atoms with van der Waals surface area (Å²) in [5.74, 6) is -0.715. The molecule has 1 amide bonds. The topological polar surface area (TPSA) is 128 Å². The first kappa shape index (κ1) is 19.1. The summed E-state index contributed by atoms with van der Waals surface area (Å²) in [6.07, 6.45) is 0. The van der Waals surface area contributed by atoms with Crippen LogP contribution < -0.4 is 5.32 Å². The quantitative estimate of drug-likeness (QED) is 0.498. The summed E-state index contributed by atoms with van der Waals surface area (Å²) < 4.78 is 0. The summed E-state index contributed by atoms with van der Waals surface area (Å²) >= 11 is 1.19. The van der Waals surface area contributed by atoms with Gasteiger partial charge in [-0.1, -0.05) is 23.8 Å². The van der Waals surface area contributed by atoms with Crippen molar-refractivity contribution in [1.82, 2.24) is 4.98 Å². The van der Waals surface area contributed by atoms with Gasteiger partial charge in [0.15, 0.2) is 5.13 Å². The molecule has 0 aliphatic heterocycles. The second-order valence-corrected chi connectivity index (χ2v) is 6.92. The van der Waals surface area contributed by atoms with Crippen LogP contribution in [0.1, 0.15) is 21.5 Å². The Morgan fingerprint density at radius 3 is 2.25 bits per heavy atom. The second kappa shape index (κ2) is 7.53. The summed E-state index contributed by atoms with van der Waals surface area (Å²) in [5.41, 5.74) is 2.51. The van der Waals surface area contributed by atoms with Crippen LogP contribution in [0.4, 0.5) is 16.5 Å². The lowest BCUT2D eigenvalue weighted by molar-refractivity contribution is -0.394. The van der Waals surface area contributed by atoms with E-state index in [1.54, 1.807) is 5.38 Å². The fourth-order valence-electron chi connectivity index (χ4n) is 2.66. The first-order valence-electron chi connectivity index (χ1n) is 8.03. The molecule has 0 saturated heterocycles. The van der Waals surface area contributed by atoms with Crippen molar-refractivity contribution in [3.05, 3.63) is 78.7 Å². The molecule has 0 radical (unpaired) electrons. The second-order valence-electron chi connectivity index (χ2n) is 6.06. The predicted octanol–water partition coefficient (Wildman–Crippen LogP) is 4.50. The number of carbonyl (C=O) groups excluding carboxylic acids is 1. The van der Waals surface area contributed by atoms with Gasteiger partial charge in [0.2, 0.25) is 0 Å². The van der Waals surface area contributed by atoms with Crippen molar-refractivity contribution in [2.75, 3.05) is 5.32 Å². The molecule has 0 aliphatic rings. The third kappa shape index (κ3) is 4.01. The van der Waals surface area contributed by atoms with Crippen molar-refractivity contribution in [3.8, 4) is 11.3 Å². The maximum absolute atomic E-state index is 12.4. The average molecular weight is 398 g/mol. The van der Waals surface area contributed by atoms with E-state index >= 15 is 0 Å². The lowest BCUT2D eigenvalue weighted by Gasteiger charge is -2.04. The Balaban J connectivity index is 1.87. The Kier molecular flexibility index (Phi) is 5.14. The summed E-state index contributed by atoms with van der Waals surface area (Å²) in [7, 11) is 0. The van der Waals surface area contributed by atoms with Gasteiger partial charge in [-0.3, -0.25) is 30.3 Å². The van der Waals surface area contributed by atoms with E-state index in [4.69, 9.17) is 0 Å². The van der Waals surface area contributed by atoms with E-state index < -0.39 is 27.1 Å². The smallest absolute Gasteiger partial charge is 0.277 e. The van der Waals surface area contributed by atoms with Crippen molar-refractivity contribution in [2.45, 2.75) is 13.8 Å². The zero-order valence-electron chi connectivity index (χ0n) is 14.8. The minimum Gasteiger partial charge on any atom is -0.298 e. The molecule has 0 saturated carbocycles. The highest BCUT2D eigenvalue weighted by Gasteiger charge is 2.20. The van der Waals surface area contributed by atoms with Gasteiger partial charge < -0.3 is 0 Å². The van der Waals surface area contributed by atoms with E-state index in [0.717, 1.165) is 34.9 Å². The maximum Gasteiger partial charge on any atom is 0.277 e. The number of aromatic nitrogens is 1. The third-order valence-electron chi connectivity index (χ3n) is 3.97. The number of nitrogens with one attached hydrogen (secondary N) is 1. The number of carbonyl (C=O) groups is 1. The van der Waals surface area contributed by atoms with Gasteiger partial charge in [-0.05, 0) is 19.4 Å². The number of hydrogen-bond acceptors (Lipinski definition) is 7. The molecule has 1 aromatic heterocycles. The van der Waals surface area contributed by atoms with E-state index in [9.17, 15) is 25.0 Å². The Morgan fingerprint density at radius 1 is 1.04 bits per heavy atom.